The molecule has 1 aliphatic rings. The highest BCUT2D eigenvalue weighted by molar-refractivity contribution is 7.12. The van der Waals surface area contributed by atoms with Crippen LogP contribution in [0.25, 0.3) is 0 Å². The average molecular weight is 212 g/mol. The van der Waals surface area contributed by atoms with Crippen LogP contribution in [-0.2, 0) is 4.74 Å². The molecule has 1 amide bonds. The summed E-state index contributed by atoms with van der Waals surface area (Å²) in [5, 5.41) is 1.96. The van der Waals surface area contributed by atoms with Gasteiger partial charge in [0, 0.05) is 24.2 Å². The molecular weight excluding hydrogens is 200 g/mol. The number of amides is 1. The van der Waals surface area contributed by atoms with Crippen LogP contribution in [0.4, 0.5) is 5.69 Å². The molecule has 1 saturated heterocycles. The molecule has 0 saturated carbocycles. The van der Waals surface area contributed by atoms with E-state index in [9.17, 15) is 4.79 Å². The quantitative estimate of drug-likeness (QED) is 0.784. The third kappa shape index (κ3) is 1.88. The number of anilines is 1. The van der Waals surface area contributed by atoms with Crippen molar-refractivity contribution in [1.82, 2.24) is 0 Å². The largest absolute Gasteiger partial charge is 0.378 e. The van der Waals surface area contributed by atoms with Crippen LogP contribution in [0.2, 0.25) is 0 Å². The first kappa shape index (κ1) is 9.48. The van der Waals surface area contributed by atoms with Crippen LogP contribution in [0.5, 0.6) is 0 Å². The van der Waals surface area contributed by atoms with Crippen LogP contribution in [0, 0.1) is 0 Å². The summed E-state index contributed by atoms with van der Waals surface area (Å²) in [5.41, 5.74) is 6.26. The Kier molecular flexibility index (Phi) is 2.69. The van der Waals surface area contributed by atoms with Crippen LogP contribution >= 0.6 is 11.3 Å². The predicted molar refractivity (Wildman–Crippen MR) is 55.9 cm³/mol. The number of nitrogens with two attached hydrogens (primary N) is 1. The highest BCUT2D eigenvalue weighted by Gasteiger charge is 2.13. The normalized spacial score (nSPS) is 17.0. The zero-order valence-corrected chi connectivity index (χ0v) is 8.55. The Bertz CT molecular complexity index is 331. The van der Waals surface area contributed by atoms with Crippen LogP contribution in [0.1, 0.15) is 9.67 Å². The predicted octanol–water partition coefficient (Wildman–Crippen LogP) is 0.684. The van der Waals surface area contributed by atoms with E-state index in [1.165, 1.54) is 11.3 Å². The summed E-state index contributed by atoms with van der Waals surface area (Å²) in [6.45, 7) is 3.27. The van der Waals surface area contributed by atoms with Crippen molar-refractivity contribution in [2.24, 2.45) is 5.73 Å². The number of morpholine rings is 1. The number of rotatable bonds is 2. The van der Waals surface area contributed by atoms with Crippen LogP contribution in [-0.4, -0.2) is 32.2 Å². The lowest BCUT2D eigenvalue weighted by Crippen LogP contribution is -2.35. The van der Waals surface area contributed by atoms with Gasteiger partial charge in [-0.15, -0.1) is 11.3 Å². The standard InChI is InChI=1S/C9H12N2O2S/c10-9(12)8-5-7(6-14-8)11-1-3-13-4-2-11/h5-6H,1-4H2,(H2,10,12). The van der Waals surface area contributed by atoms with E-state index in [4.69, 9.17) is 10.5 Å². The fraction of sp³-hybridized carbons (Fsp3) is 0.444. The van der Waals surface area contributed by atoms with E-state index in [-0.39, 0.29) is 5.91 Å². The summed E-state index contributed by atoms with van der Waals surface area (Å²) in [5.74, 6) is -0.352. The Morgan fingerprint density at radius 2 is 2.21 bits per heavy atom. The van der Waals surface area contributed by atoms with E-state index in [0.29, 0.717) is 4.88 Å². The molecule has 0 aromatic carbocycles. The number of ether oxygens (including phenoxy) is 1. The average Bonchev–Trinajstić information content (AvgIpc) is 2.68. The molecule has 0 unspecified atom stereocenters. The number of hydrogen-bond acceptors (Lipinski definition) is 4. The van der Waals surface area contributed by atoms with E-state index >= 15 is 0 Å². The molecule has 1 aromatic rings. The van der Waals surface area contributed by atoms with Crippen LogP contribution in [0.3, 0.4) is 0 Å². The van der Waals surface area contributed by atoms with E-state index in [1.54, 1.807) is 0 Å². The second-order valence-electron chi connectivity index (χ2n) is 3.13. The molecule has 0 aliphatic carbocycles. The number of hydrogen-bond donors (Lipinski definition) is 1. The van der Waals surface area contributed by atoms with Crippen molar-refractivity contribution >= 4 is 22.9 Å². The minimum Gasteiger partial charge on any atom is -0.378 e. The maximum atomic E-state index is 10.9. The van der Waals surface area contributed by atoms with Gasteiger partial charge in [-0.05, 0) is 6.07 Å². The van der Waals surface area contributed by atoms with Gasteiger partial charge in [0.15, 0.2) is 0 Å². The molecule has 76 valence electrons. The van der Waals surface area contributed by atoms with Crippen LogP contribution in [0.15, 0.2) is 11.4 Å². The highest BCUT2D eigenvalue weighted by atomic mass is 32.1. The molecular formula is C9H12N2O2S. The first-order valence-electron chi connectivity index (χ1n) is 4.48. The Morgan fingerprint density at radius 3 is 2.79 bits per heavy atom. The van der Waals surface area contributed by atoms with Crippen LogP contribution < -0.4 is 10.6 Å². The van der Waals surface area contributed by atoms with E-state index in [2.05, 4.69) is 4.90 Å². The smallest absolute Gasteiger partial charge is 0.258 e. The van der Waals surface area contributed by atoms with Gasteiger partial charge < -0.3 is 15.4 Å². The van der Waals surface area contributed by atoms with Gasteiger partial charge in [0.2, 0.25) is 0 Å². The molecule has 4 nitrogen and oxygen atoms in total. The lowest BCUT2D eigenvalue weighted by Gasteiger charge is -2.27. The summed E-state index contributed by atoms with van der Waals surface area (Å²) < 4.78 is 5.25. The zero-order chi connectivity index (χ0) is 9.97. The molecule has 1 aromatic heterocycles. The minimum absolute atomic E-state index is 0.352. The van der Waals surface area contributed by atoms with Crippen molar-refractivity contribution in [3.05, 3.63) is 16.3 Å². The van der Waals surface area contributed by atoms with Gasteiger partial charge in [-0.1, -0.05) is 0 Å². The summed E-state index contributed by atoms with van der Waals surface area (Å²) in [7, 11) is 0. The second kappa shape index (κ2) is 3.98. The Balaban J connectivity index is 2.11. The molecule has 2 N–H and O–H groups in total. The van der Waals surface area contributed by atoms with E-state index in [1.807, 2.05) is 11.4 Å². The summed E-state index contributed by atoms with van der Waals surface area (Å²) >= 11 is 1.39. The summed E-state index contributed by atoms with van der Waals surface area (Å²) in [6.07, 6.45) is 0. The Labute approximate surface area is 86.3 Å². The van der Waals surface area contributed by atoms with E-state index < -0.39 is 0 Å². The zero-order valence-electron chi connectivity index (χ0n) is 7.73. The first-order valence-corrected chi connectivity index (χ1v) is 5.36. The second-order valence-corrected chi connectivity index (χ2v) is 4.04. The van der Waals surface area contributed by atoms with Crippen molar-refractivity contribution < 1.29 is 9.53 Å². The van der Waals surface area contributed by atoms with Crippen molar-refractivity contribution in [2.45, 2.75) is 0 Å². The molecule has 1 fully saturated rings. The third-order valence-corrected chi connectivity index (χ3v) is 3.14. The molecule has 2 rings (SSSR count). The molecule has 0 radical (unpaired) electrons. The van der Waals surface area contributed by atoms with Crippen molar-refractivity contribution in [3.63, 3.8) is 0 Å². The Morgan fingerprint density at radius 1 is 1.50 bits per heavy atom. The molecule has 1 aliphatic heterocycles. The fourth-order valence-electron chi connectivity index (χ4n) is 1.44. The number of primary amides is 1. The molecule has 14 heavy (non-hydrogen) atoms. The fourth-order valence-corrected chi connectivity index (χ4v) is 2.21. The van der Waals surface area contributed by atoms with Crippen molar-refractivity contribution in [2.75, 3.05) is 31.2 Å². The highest BCUT2D eigenvalue weighted by Crippen LogP contribution is 2.23. The van der Waals surface area contributed by atoms with Gasteiger partial charge >= 0.3 is 0 Å². The first-order chi connectivity index (χ1) is 6.77. The minimum atomic E-state index is -0.352. The number of carbonyl (C=O) groups is 1. The van der Waals surface area contributed by atoms with E-state index in [0.717, 1.165) is 32.0 Å². The monoisotopic (exact) mass is 212 g/mol. The number of nitrogens with zero attached hydrogens (tertiary/aromatic N) is 1. The van der Waals surface area contributed by atoms with Gasteiger partial charge in [0.25, 0.3) is 5.91 Å². The maximum Gasteiger partial charge on any atom is 0.258 e. The summed E-state index contributed by atoms with van der Waals surface area (Å²) in [6, 6.07) is 1.85. The number of carbonyl (C=O) groups excluding carboxylic acids is 1. The molecule has 0 spiro atoms. The SMILES string of the molecule is NC(=O)c1cc(N2CCOCC2)cs1. The lowest BCUT2D eigenvalue weighted by molar-refractivity contribution is 0.100. The molecule has 0 bridgehead atoms. The van der Waals surface area contributed by atoms with Gasteiger partial charge in [0.1, 0.15) is 0 Å². The van der Waals surface area contributed by atoms with Gasteiger partial charge in [-0.3, -0.25) is 4.79 Å². The van der Waals surface area contributed by atoms with Crippen molar-refractivity contribution in [1.29, 1.82) is 0 Å². The summed E-state index contributed by atoms with van der Waals surface area (Å²) in [4.78, 5) is 13.7. The Hall–Kier alpha value is -1.07. The topological polar surface area (TPSA) is 55.6 Å². The maximum absolute atomic E-state index is 10.9. The number of thiophene rings is 1. The van der Waals surface area contributed by atoms with Gasteiger partial charge in [-0.25, -0.2) is 0 Å². The molecule has 5 heteroatoms. The third-order valence-electron chi connectivity index (χ3n) is 2.20. The van der Waals surface area contributed by atoms with Crippen molar-refractivity contribution in [3.8, 4) is 0 Å². The van der Waals surface area contributed by atoms with Gasteiger partial charge in [0.05, 0.1) is 18.1 Å². The molecule has 2 heterocycles. The van der Waals surface area contributed by atoms with Gasteiger partial charge in [-0.2, -0.15) is 0 Å². The molecule has 0 atom stereocenters. The lowest BCUT2D eigenvalue weighted by atomic mass is 10.3.